The molecule has 2 aliphatic heterocycles. The summed E-state index contributed by atoms with van der Waals surface area (Å²) in [6, 6.07) is 33.1. The molecule has 6 atom stereocenters. The van der Waals surface area contributed by atoms with Gasteiger partial charge in [-0.15, -0.1) is 0 Å². The van der Waals surface area contributed by atoms with Crippen LogP contribution in [-0.4, -0.2) is 116 Å². The number of ether oxygens (including phenoxy) is 5. The molecule has 0 spiro atoms. The van der Waals surface area contributed by atoms with E-state index < -0.39 is 82.6 Å². The quantitative estimate of drug-likeness (QED) is 0.0667. The van der Waals surface area contributed by atoms with Crippen molar-refractivity contribution in [2.24, 2.45) is 5.92 Å². The summed E-state index contributed by atoms with van der Waals surface area (Å²) in [7, 11) is -1.54. The highest BCUT2D eigenvalue weighted by Gasteiger charge is 2.45. The minimum Gasteiger partial charge on any atom is -0.497 e. The van der Waals surface area contributed by atoms with Gasteiger partial charge in [-0.3, -0.25) is 33.8 Å². The molecule has 6 heterocycles. The lowest BCUT2D eigenvalue weighted by Crippen LogP contribution is -2.40. The van der Waals surface area contributed by atoms with Crippen LogP contribution in [0.15, 0.2) is 133 Å². The van der Waals surface area contributed by atoms with Crippen LogP contribution < -0.4 is 30.4 Å². The highest BCUT2D eigenvalue weighted by molar-refractivity contribution is 7.84. The predicted octanol–water partition coefficient (Wildman–Crippen LogP) is 4.99. The summed E-state index contributed by atoms with van der Waals surface area (Å²) in [5, 5.41) is 16.6. The fourth-order valence-corrected chi connectivity index (χ4v) is 10.2. The monoisotopic (exact) mass is 1060 g/mol. The van der Waals surface area contributed by atoms with E-state index in [9.17, 15) is 27.9 Å². The first-order valence-corrected chi connectivity index (χ1v) is 25.6. The van der Waals surface area contributed by atoms with E-state index in [0.717, 1.165) is 16.7 Å². The molecule has 0 radical (unpaired) electrons. The maximum Gasteiger partial charge on any atom is 0.336 e. The first kappa shape index (κ1) is 51.5. The second-order valence-corrected chi connectivity index (χ2v) is 19.7. The Bertz CT molecular complexity index is 3480. The van der Waals surface area contributed by atoms with Crippen LogP contribution in [0.3, 0.4) is 0 Å². The van der Waals surface area contributed by atoms with Crippen molar-refractivity contribution in [1.29, 1.82) is 0 Å². The Labute approximate surface area is 434 Å². The standard InChI is InChI=1S/C52H53N11O12S/c1-30(2)47(65)60-51-59-46-43(49(67)61-51)56-29-63(46)50-39(23-37(73-50)26-72-52(32-13-9-6-10-14-32,33-15-19-35(70-3)20-16-33)34-17-21-36(71-4)22-18-34)75-76(68,69)57-25-40-38(64)24-41(74-40)62-28-55-42-44(53-27-54-45(42)62)58-48(66)31-11-7-5-8-12-31/h5-22,27-30,37-41,50,57,64H,23-26H2,1-4H3,(H,53,54,58,66)(H2,59,60,61,65,67)/t37-,38-,39+,40+,41?,50+/m0/s1. The van der Waals surface area contributed by atoms with E-state index in [4.69, 9.17) is 27.9 Å². The third-order valence-electron chi connectivity index (χ3n) is 13.1. The number of nitrogens with zero attached hydrogens (tertiary/aromatic N) is 7. The van der Waals surface area contributed by atoms with Crippen LogP contribution in [0.1, 0.15) is 66.2 Å². The number of nitrogens with one attached hydrogen (secondary N) is 4. The molecular formula is C52H53N11O12S. The fraction of sp³-hybridized carbons (Fsp3) is 0.308. The Balaban J connectivity index is 0.918. The molecule has 1 unspecified atom stereocenters. The van der Waals surface area contributed by atoms with Gasteiger partial charge in [0.2, 0.25) is 11.9 Å². The van der Waals surface area contributed by atoms with E-state index in [1.165, 1.54) is 23.5 Å². The average molecular weight is 1060 g/mol. The lowest BCUT2D eigenvalue weighted by atomic mass is 9.80. The summed E-state index contributed by atoms with van der Waals surface area (Å²) < 4.78 is 70.6. The zero-order valence-electron chi connectivity index (χ0n) is 41.5. The van der Waals surface area contributed by atoms with Crippen LogP contribution in [0.4, 0.5) is 11.8 Å². The number of aromatic amines is 1. The Morgan fingerprint density at radius 1 is 0.789 bits per heavy atom. The zero-order chi connectivity index (χ0) is 53.1. The van der Waals surface area contributed by atoms with Crippen molar-refractivity contribution in [1.82, 2.24) is 43.8 Å². The van der Waals surface area contributed by atoms with Gasteiger partial charge in [0, 0.05) is 30.9 Å². The van der Waals surface area contributed by atoms with Crippen molar-refractivity contribution >= 4 is 56.2 Å². The number of rotatable bonds is 19. The number of fused-ring (bicyclic) bond motifs is 2. The number of aliphatic hydroxyl groups excluding tert-OH is 1. The first-order valence-electron chi connectivity index (χ1n) is 24.2. The summed E-state index contributed by atoms with van der Waals surface area (Å²) >= 11 is 0. The second kappa shape index (κ2) is 21.7. The van der Waals surface area contributed by atoms with Gasteiger partial charge >= 0.3 is 10.3 Å². The van der Waals surface area contributed by atoms with E-state index in [1.807, 2.05) is 78.9 Å². The number of aliphatic hydroxyl groups is 1. The van der Waals surface area contributed by atoms with E-state index in [0.29, 0.717) is 22.7 Å². The Morgan fingerprint density at radius 2 is 1.42 bits per heavy atom. The van der Waals surface area contributed by atoms with Gasteiger partial charge < -0.3 is 34.1 Å². The number of imidazole rings is 2. The largest absolute Gasteiger partial charge is 0.497 e. The molecule has 0 bridgehead atoms. The maximum absolute atomic E-state index is 14.1. The molecule has 2 saturated heterocycles. The van der Waals surface area contributed by atoms with Crippen molar-refractivity contribution in [3.63, 3.8) is 0 Å². The lowest BCUT2D eigenvalue weighted by molar-refractivity contribution is -0.118. The molecule has 76 heavy (non-hydrogen) atoms. The predicted molar refractivity (Wildman–Crippen MR) is 274 cm³/mol. The lowest BCUT2D eigenvalue weighted by Gasteiger charge is -2.37. The van der Waals surface area contributed by atoms with Crippen molar-refractivity contribution in [2.75, 3.05) is 38.0 Å². The van der Waals surface area contributed by atoms with E-state index in [-0.39, 0.29) is 47.9 Å². The van der Waals surface area contributed by atoms with Gasteiger partial charge in [-0.2, -0.15) is 18.1 Å². The van der Waals surface area contributed by atoms with Gasteiger partial charge in [-0.05, 0) is 53.1 Å². The van der Waals surface area contributed by atoms with Crippen LogP contribution in [0, 0.1) is 5.92 Å². The molecule has 394 valence electrons. The molecular weight excluding hydrogens is 1000 g/mol. The molecule has 0 saturated carbocycles. The molecule has 2 aliphatic rings. The molecule has 23 nitrogen and oxygen atoms in total. The molecule has 2 fully saturated rings. The summed E-state index contributed by atoms with van der Waals surface area (Å²) in [5.74, 6) is -0.00461. The number of carbonyl (C=O) groups excluding carboxylic acids is 2. The average Bonchev–Trinajstić information content (AvgIpc) is 4.26. The van der Waals surface area contributed by atoms with Gasteiger partial charge in [-0.1, -0.05) is 86.6 Å². The molecule has 24 heteroatoms. The summed E-state index contributed by atoms with van der Waals surface area (Å²) in [6.45, 7) is 2.80. The molecule has 10 rings (SSSR count). The number of amides is 2. The first-order chi connectivity index (χ1) is 36.7. The third-order valence-corrected chi connectivity index (χ3v) is 14.2. The van der Waals surface area contributed by atoms with Gasteiger partial charge in [0.1, 0.15) is 35.8 Å². The van der Waals surface area contributed by atoms with E-state index >= 15 is 0 Å². The van der Waals surface area contributed by atoms with Crippen molar-refractivity contribution in [3.05, 3.63) is 161 Å². The van der Waals surface area contributed by atoms with Gasteiger partial charge in [0.25, 0.3) is 11.5 Å². The third kappa shape index (κ3) is 10.5. The van der Waals surface area contributed by atoms with Crippen molar-refractivity contribution < 1.29 is 51.0 Å². The van der Waals surface area contributed by atoms with Crippen LogP contribution in [-0.2, 0) is 39.1 Å². The van der Waals surface area contributed by atoms with Crippen LogP contribution in [0.5, 0.6) is 11.5 Å². The smallest absolute Gasteiger partial charge is 0.336 e. The number of methoxy groups -OCH3 is 2. The Morgan fingerprint density at radius 3 is 2.08 bits per heavy atom. The van der Waals surface area contributed by atoms with Gasteiger partial charge in [0.15, 0.2) is 34.4 Å². The van der Waals surface area contributed by atoms with E-state index in [1.54, 1.807) is 63.0 Å². The van der Waals surface area contributed by atoms with Crippen LogP contribution in [0.2, 0.25) is 0 Å². The number of hydrogen-bond acceptors (Lipinski definition) is 17. The fourth-order valence-electron chi connectivity index (χ4n) is 9.25. The molecule has 8 aromatic rings. The minimum atomic E-state index is -4.69. The number of hydrogen-bond donors (Lipinski definition) is 5. The number of aromatic nitrogens is 8. The number of carbonyl (C=O) groups is 2. The molecule has 4 aromatic heterocycles. The number of anilines is 2. The maximum atomic E-state index is 14.1. The van der Waals surface area contributed by atoms with E-state index in [2.05, 4.69) is 45.3 Å². The summed E-state index contributed by atoms with van der Waals surface area (Å²) in [5.41, 5.74) is 1.16. The molecule has 2 amide bonds. The molecule has 0 aliphatic carbocycles. The highest BCUT2D eigenvalue weighted by Crippen LogP contribution is 2.43. The van der Waals surface area contributed by atoms with Crippen LogP contribution >= 0.6 is 0 Å². The summed E-state index contributed by atoms with van der Waals surface area (Å²) in [4.78, 5) is 63.4. The van der Waals surface area contributed by atoms with Gasteiger partial charge in [-0.25, -0.2) is 24.1 Å². The Kier molecular flexibility index (Phi) is 14.7. The topological polar surface area (TPSA) is 287 Å². The van der Waals surface area contributed by atoms with Gasteiger partial charge in [0.05, 0.1) is 51.8 Å². The highest BCUT2D eigenvalue weighted by atomic mass is 32.2. The molecule has 4 aromatic carbocycles. The zero-order valence-corrected chi connectivity index (χ0v) is 42.3. The Hall–Kier alpha value is -7.97. The van der Waals surface area contributed by atoms with Crippen molar-refractivity contribution in [2.45, 2.75) is 69.2 Å². The second-order valence-electron chi connectivity index (χ2n) is 18.3. The molecule has 5 N–H and O–H groups in total. The number of H-pyrrole nitrogens is 1. The SMILES string of the molecule is COc1ccc(C(OC[C@@H]2C[C@@H](OS(=O)(=O)NC[C@H]3OC(n4cnc5c(NC(=O)c6ccccc6)ncnc54)C[C@@H]3O)[C@H](n3cnc4c(=O)[nH]c(NC(=O)C(C)C)nc43)O2)(c2ccccc2)c2ccc(OC)cc2)cc1. The normalized spacial score (nSPS) is 19.8. The number of benzene rings is 4. The minimum absolute atomic E-state index is 0.0278. The van der Waals surface area contributed by atoms with Crippen LogP contribution in [0.25, 0.3) is 22.3 Å². The summed E-state index contributed by atoms with van der Waals surface area (Å²) in [6.07, 6.45) is -2.58. The van der Waals surface area contributed by atoms with Crippen molar-refractivity contribution in [3.8, 4) is 11.5 Å².